The van der Waals surface area contributed by atoms with Crippen LogP contribution in [0.1, 0.15) is 11.1 Å². The summed E-state index contributed by atoms with van der Waals surface area (Å²) in [5, 5.41) is 35.1. The summed E-state index contributed by atoms with van der Waals surface area (Å²) in [5.74, 6) is 0.467. The Balaban J connectivity index is 1.13. The van der Waals surface area contributed by atoms with Crippen LogP contribution in [0.15, 0.2) is 95.2 Å². The molecule has 0 spiro atoms. The lowest BCUT2D eigenvalue weighted by molar-refractivity contribution is -0.115. The van der Waals surface area contributed by atoms with Gasteiger partial charge in [0.15, 0.2) is 0 Å². The fourth-order valence-corrected chi connectivity index (χ4v) is 6.12. The van der Waals surface area contributed by atoms with Gasteiger partial charge in [-0.2, -0.15) is 0 Å². The molecule has 0 aromatic heterocycles. The first-order valence-electron chi connectivity index (χ1n) is 12.8. The summed E-state index contributed by atoms with van der Waals surface area (Å²) < 4.78 is 0. The highest BCUT2D eigenvalue weighted by atomic mass is 33.1. The van der Waals surface area contributed by atoms with E-state index in [-0.39, 0.29) is 24.3 Å². The largest absolute Gasteiger partial charge is 0.410 e. The summed E-state index contributed by atoms with van der Waals surface area (Å²) in [4.78, 5) is 25.0. The Morgan fingerprint density at radius 3 is 1.43 bits per heavy atom. The Kier molecular flexibility index (Phi) is 10.8. The Morgan fingerprint density at radius 2 is 1.00 bits per heavy atom. The van der Waals surface area contributed by atoms with E-state index >= 15 is 0 Å². The summed E-state index contributed by atoms with van der Waals surface area (Å²) in [5.41, 5.74) is 1.95. The maximum absolute atomic E-state index is 12.5. The van der Waals surface area contributed by atoms with Gasteiger partial charge in [-0.25, -0.2) is 0 Å². The van der Waals surface area contributed by atoms with Gasteiger partial charge in [-0.15, -0.1) is 0 Å². The lowest BCUT2D eigenvalue weighted by Gasteiger charge is -2.10. The molecule has 0 saturated heterocycles. The Morgan fingerprint density at radius 1 is 0.600 bits per heavy atom. The van der Waals surface area contributed by atoms with E-state index in [4.69, 9.17) is 0 Å². The summed E-state index contributed by atoms with van der Waals surface area (Å²) in [7, 11) is 3.12. The van der Waals surface area contributed by atoms with Crippen molar-refractivity contribution in [2.75, 3.05) is 24.6 Å². The molecule has 2 amide bonds. The molecule has 4 rings (SSSR count). The van der Waals surface area contributed by atoms with Crippen molar-refractivity contribution in [2.45, 2.75) is 12.8 Å². The highest BCUT2D eigenvalue weighted by molar-refractivity contribution is 8.76. The lowest BCUT2D eigenvalue weighted by Crippen LogP contribution is -2.34. The molecule has 206 valence electrons. The van der Waals surface area contributed by atoms with Crippen molar-refractivity contribution in [3.8, 4) is 0 Å². The molecular weight excluding hydrogens is 544 g/mol. The standard InChI is InChI=1S/C30H30N4O4S2/c35-29(27(33-37)19-23-11-5-9-21-7-1-3-13-25(21)23)31-15-17-39-40-18-16-32-30(36)28(34-38)20-24-12-6-10-22-8-2-4-14-26(22)24/h1-14,37-38H,15-20H2,(H,31,35)(H,32,36)/b33-27-,34-28+. The van der Waals surface area contributed by atoms with Crippen molar-refractivity contribution in [2.24, 2.45) is 10.3 Å². The third-order valence-corrected chi connectivity index (χ3v) is 8.67. The van der Waals surface area contributed by atoms with E-state index in [9.17, 15) is 20.0 Å². The average Bonchev–Trinajstić information content (AvgIpc) is 2.99. The molecule has 0 bridgehead atoms. The van der Waals surface area contributed by atoms with Crippen LogP contribution in [0.4, 0.5) is 0 Å². The lowest BCUT2D eigenvalue weighted by atomic mass is 10.00. The summed E-state index contributed by atoms with van der Waals surface area (Å²) >= 11 is 0. The minimum atomic E-state index is -0.407. The van der Waals surface area contributed by atoms with Crippen molar-refractivity contribution in [3.05, 3.63) is 96.1 Å². The second-order valence-corrected chi connectivity index (χ2v) is 11.6. The second kappa shape index (κ2) is 14.9. The Bertz CT molecular complexity index is 1410. The van der Waals surface area contributed by atoms with Gasteiger partial charge in [0, 0.05) is 37.4 Å². The molecule has 4 N–H and O–H groups in total. The van der Waals surface area contributed by atoms with E-state index in [2.05, 4.69) is 20.9 Å². The molecule has 10 heteroatoms. The van der Waals surface area contributed by atoms with Crippen LogP contribution in [0.3, 0.4) is 0 Å². The Labute approximate surface area is 240 Å². The number of nitrogens with zero attached hydrogens (tertiary/aromatic N) is 2. The quantitative estimate of drug-likeness (QED) is 0.0583. The van der Waals surface area contributed by atoms with Crippen LogP contribution in [-0.2, 0) is 22.4 Å². The number of carbonyl (C=O) groups is 2. The maximum atomic E-state index is 12.5. The fraction of sp³-hybridized carbons (Fsp3) is 0.200. The maximum Gasteiger partial charge on any atom is 0.269 e. The monoisotopic (exact) mass is 574 g/mol. The van der Waals surface area contributed by atoms with Crippen LogP contribution in [0.5, 0.6) is 0 Å². The first kappa shape index (κ1) is 29.0. The predicted molar refractivity (Wildman–Crippen MR) is 165 cm³/mol. The molecule has 0 radical (unpaired) electrons. The third kappa shape index (κ3) is 7.77. The van der Waals surface area contributed by atoms with Crippen LogP contribution in [-0.4, -0.2) is 58.2 Å². The highest BCUT2D eigenvalue weighted by Crippen LogP contribution is 2.21. The number of amides is 2. The molecule has 40 heavy (non-hydrogen) atoms. The second-order valence-electron chi connectivity index (χ2n) is 8.88. The number of benzene rings is 4. The van der Waals surface area contributed by atoms with Crippen molar-refractivity contribution < 1.29 is 20.0 Å². The van der Waals surface area contributed by atoms with Crippen LogP contribution in [0, 0.1) is 0 Å². The number of hydrogen-bond donors (Lipinski definition) is 4. The number of carbonyl (C=O) groups excluding carboxylic acids is 2. The van der Waals surface area contributed by atoms with E-state index in [0.717, 1.165) is 32.7 Å². The molecule has 0 unspecified atom stereocenters. The molecule has 4 aromatic rings. The minimum absolute atomic E-state index is 0.0570. The molecular formula is C30H30N4O4S2. The van der Waals surface area contributed by atoms with Crippen molar-refractivity contribution in [1.82, 2.24) is 10.6 Å². The zero-order valence-electron chi connectivity index (χ0n) is 21.7. The van der Waals surface area contributed by atoms with Gasteiger partial charge in [0.25, 0.3) is 11.8 Å². The van der Waals surface area contributed by atoms with Crippen LogP contribution in [0.25, 0.3) is 21.5 Å². The van der Waals surface area contributed by atoms with Crippen molar-refractivity contribution in [3.63, 3.8) is 0 Å². The molecule has 0 aliphatic heterocycles. The van der Waals surface area contributed by atoms with Gasteiger partial charge in [-0.05, 0) is 32.7 Å². The van der Waals surface area contributed by atoms with Gasteiger partial charge >= 0.3 is 0 Å². The zero-order valence-corrected chi connectivity index (χ0v) is 23.4. The number of oxime groups is 2. The topological polar surface area (TPSA) is 123 Å². The minimum Gasteiger partial charge on any atom is -0.410 e. The molecule has 0 aliphatic rings. The van der Waals surface area contributed by atoms with E-state index in [1.54, 1.807) is 21.6 Å². The number of hydrogen-bond acceptors (Lipinski definition) is 8. The SMILES string of the molecule is O=C(NCCSSCCNC(=O)/C(Cc1cccc2ccccc12)=N/O)/C(Cc1cccc2ccccc12)=N\O. The van der Waals surface area contributed by atoms with Gasteiger partial charge in [0.1, 0.15) is 11.4 Å². The molecule has 0 aliphatic carbocycles. The van der Waals surface area contributed by atoms with Gasteiger partial charge in [0.05, 0.1) is 0 Å². The van der Waals surface area contributed by atoms with E-state index in [1.807, 2.05) is 84.9 Å². The fourth-order valence-electron chi connectivity index (χ4n) is 4.31. The predicted octanol–water partition coefficient (Wildman–Crippen LogP) is 5.05. The molecule has 8 nitrogen and oxygen atoms in total. The first-order valence-corrected chi connectivity index (χ1v) is 15.3. The van der Waals surface area contributed by atoms with Crippen molar-refractivity contribution in [1.29, 1.82) is 0 Å². The zero-order chi connectivity index (χ0) is 28.2. The summed E-state index contributed by atoms with van der Waals surface area (Å²) in [6.07, 6.45) is 0.454. The van der Waals surface area contributed by atoms with Gasteiger partial charge in [-0.3, -0.25) is 9.59 Å². The highest BCUT2D eigenvalue weighted by Gasteiger charge is 2.15. The van der Waals surface area contributed by atoms with E-state index in [0.29, 0.717) is 24.6 Å². The normalized spacial score (nSPS) is 12.0. The van der Waals surface area contributed by atoms with Gasteiger partial charge < -0.3 is 21.0 Å². The summed E-state index contributed by atoms with van der Waals surface area (Å²) in [6, 6.07) is 27.4. The molecule has 0 saturated carbocycles. The number of nitrogens with one attached hydrogen (secondary N) is 2. The molecule has 0 fully saturated rings. The molecule has 0 atom stereocenters. The van der Waals surface area contributed by atoms with E-state index in [1.165, 1.54) is 0 Å². The van der Waals surface area contributed by atoms with Crippen LogP contribution < -0.4 is 10.6 Å². The number of fused-ring (bicyclic) bond motifs is 2. The van der Waals surface area contributed by atoms with Crippen LogP contribution >= 0.6 is 21.6 Å². The smallest absolute Gasteiger partial charge is 0.269 e. The summed E-state index contributed by atoms with van der Waals surface area (Å²) in [6.45, 7) is 0.813. The van der Waals surface area contributed by atoms with E-state index < -0.39 is 11.8 Å². The van der Waals surface area contributed by atoms with Crippen molar-refractivity contribution >= 4 is 66.4 Å². The Hall–Kier alpha value is -4.02. The van der Waals surface area contributed by atoms with Gasteiger partial charge in [-0.1, -0.05) is 117 Å². The molecule has 4 aromatic carbocycles. The average molecular weight is 575 g/mol. The third-order valence-electron chi connectivity index (χ3n) is 6.27. The number of rotatable bonds is 13. The first-order chi connectivity index (χ1) is 19.6. The van der Waals surface area contributed by atoms with Gasteiger partial charge in [0.2, 0.25) is 0 Å². The van der Waals surface area contributed by atoms with Crippen LogP contribution in [0.2, 0.25) is 0 Å². The molecule has 0 heterocycles.